The Kier molecular flexibility index (Phi) is 5.14. The molecule has 0 aliphatic heterocycles. The van der Waals surface area contributed by atoms with Gasteiger partial charge in [0.25, 0.3) is 16.0 Å². The van der Waals surface area contributed by atoms with Gasteiger partial charge in [0, 0.05) is 23.6 Å². The first-order valence-corrected chi connectivity index (χ1v) is 11.1. The van der Waals surface area contributed by atoms with Crippen molar-refractivity contribution < 1.29 is 17.9 Å². The van der Waals surface area contributed by atoms with Crippen LogP contribution in [0.3, 0.4) is 0 Å². The van der Waals surface area contributed by atoms with Crippen molar-refractivity contribution in [2.75, 3.05) is 17.1 Å². The minimum Gasteiger partial charge on any atom is -0.497 e. The lowest BCUT2D eigenvalue weighted by molar-refractivity contribution is -0.114. The van der Waals surface area contributed by atoms with Crippen LogP contribution in [0.2, 0.25) is 0 Å². The Labute approximate surface area is 176 Å². The third kappa shape index (κ3) is 3.98. The van der Waals surface area contributed by atoms with Crippen LogP contribution < -0.4 is 14.8 Å². The fourth-order valence-electron chi connectivity index (χ4n) is 2.81. The molecule has 4 rings (SSSR count). The van der Waals surface area contributed by atoms with Gasteiger partial charge in [-0.05, 0) is 36.4 Å². The van der Waals surface area contributed by atoms with Crippen molar-refractivity contribution in [3.05, 3.63) is 53.9 Å². The summed E-state index contributed by atoms with van der Waals surface area (Å²) in [5.74, 6) is 0.436. The van der Waals surface area contributed by atoms with Gasteiger partial charge < -0.3 is 10.1 Å². The van der Waals surface area contributed by atoms with E-state index in [4.69, 9.17) is 4.74 Å². The molecule has 30 heavy (non-hydrogen) atoms. The molecule has 0 atom stereocenters. The standard InChI is InChI=1S/C19H17N5O4S2/c1-12(25)20-14-6-8-16(9-7-14)30(26,27)23-18-21-19-24(22-18)17(11-29-19)13-4-3-5-15(10-13)28-2/h3-11H,1-2H3,(H,20,25)(H,22,23). The number of thiazole rings is 1. The zero-order chi connectivity index (χ0) is 21.3. The summed E-state index contributed by atoms with van der Waals surface area (Å²) >= 11 is 1.35. The summed E-state index contributed by atoms with van der Waals surface area (Å²) < 4.78 is 34.6. The number of methoxy groups -OCH3 is 1. The minimum atomic E-state index is -3.89. The van der Waals surface area contributed by atoms with Crippen LogP contribution in [0.15, 0.2) is 58.8 Å². The molecule has 0 bridgehead atoms. The summed E-state index contributed by atoms with van der Waals surface area (Å²) in [5, 5.41) is 8.78. The van der Waals surface area contributed by atoms with Gasteiger partial charge in [0.2, 0.25) is 10.9 Å². The van der Waals surface area contributed by atoms with E-state index in [0.717, 1.165) is 11.3 Å². The van der Waals surface area contributed by atoms with Gasteiger partial charge in [0.15, 0.2) is 0 Å². The van der Waals surface area contributed by atoms with Gasteiger partial charge in [-0.3, -0.25) is 4.79 Å². The molecule has 0 saturated heterocycles. The molecule has 9 nitrogen and oxygen atoms in total. The Morgan fingerprint density at radius 1 is 1.17 bits per heavy atom. The number of sulfonamides is 1. The van der Waals surface area contributed by atoms with Crippen molar-refractivity contribution in [2.24, 2.45) is 0 Å². The number of rotatable bonds is 6. The number of hydrogen-bond donors (Lipinski definition) is 2. The molecule has 11 heteroatoms. The van der Waals surface area contributed by atoms with Crippen molar-refractivity contribution >= 4 is 43.9 Å². The number of nitrogens with one attached hydrogen (secondary N) is 2. The van der Waals surface area contributed by atoms with Crippen LogP contribution in [0.1, 0.15) is 6.92 Å². The van der Waals surface area contributed by atoms with Gasteiger partial charge in [-0.25, -0.2) is 17.7 Å². The van der Waals surface area contributed by atoms with E-state index < -0.39 is 10.0 Å². The zero-order valence-electron chi connectivity index (χ0n) is 16.0. The van der Waals surface area contributed by atoms with Crippen molar-refractivity contribution in [1.29, 1.82) is 0 Å². The van der Waals surface area contributed by atoms with Crippen LogP contribution in [0.5, 0.6) is 5.75 Å². The molecule has 0 saturated carbocycles. The lowest BCUT2D eigenvalue weighted by Gasteiger charge is -2.06. The second-order valence-electron chi connectivity index (χ2n) is 6.29. The van der Waals surface area contributed by atoms with E-state index >= 15 is 0 Å². The molecule has 1 amide bonds. The molecule has 0 fully saturated rings. The topological polar surface area (TPSA) is 115 Å². The molecule has 0 aliphatic rings. The number of carbonyl (C=O) groups is 1. The number of hydrogen-bond acceptors (Lipinski definition) is 7. The molecule has 154 valence electrons. The smallest absolute Gasteiger partial charge is 0.264 e. The number of benzene rings is 2. The van der Waals surface area contributed by atoms with Gasteiger partial charge in [-0.15, -0.1) is 16.4 Å². The van der Waals surface area contributed by atoms with E-state index in [-0.39, 0.29) is 16.8 Å². The van der Waals surface area contributed by atoms with Gasteiger partial charge in [-0.1, -0.05) is 12.1 Å². The number of carbonyl (C=O) groups excluding carboxylic acids is 1. The lowest BCUT2D eigenvalue weighted by atomic mass is 10.2. The summed E-state index contributed by atoms with van der Waals surface area (Å²) in [5.41, 5.74) is 2.14. The normalized spacial score (nSPS) is 11.4. The number of fused-ring (bicyclic) bond motifs is 1. The predicted octanol–water partition coefficient (Wildman–Crippen LogP) is 3.23. The number of aromatic nitrogens is 3. The first-order chi connectivity index (χ1) is 14.4. The van der Waals surface area contributed by atoms with Crippen LogP contribution in [-0.2, 0) is 14.8 Å². The maximum Gasteiger partial charge on any atom is 0.264 e. The Hall–Kier alpha value is -3.44. The fourth-order valence-corrected chi connectivity index (χ4v) is 4.58. The van der Waals surface area contributed by atoms with E-state index in [1.165, 1.54) is 42.5 Å². The highest BCUT2D eigenvalue weighted by atomic mass is 32.2. The van der Waals surface area contributed by atoms with Gasteiger partial charge in [0.1, 0.15) is 5.75 Å². The molecular weight excluding hydrogens is 426 g/mol. The van der Waals surface area contributed by atoms with Crippen molar-refractivity contribution in [1.82, 2.24) is 14.6 Å². The van der Waals surface area contributed by atoms with Crippen LogP contribution in [0, 0.1) is 0 Å². The van der Waals surface area contributed by atoms with E-state index in [0.29, 0.717) is 16.4 Å². The summed E-state index contributed by atoms with van der Waals surface area (Å²) in [7, 11) is -2.30. The summed E-state index contributed by atoms with van der Waals surface area (Å²) in [6.45, 7) is 1.38. The monoisotopic (exact) mass is 443 g/mol. The maximum absolute atomic E-state index is 12.7. The molecule has 0 spiro atoms. The molecule has 2 N–H and O–H groups in total. The lowest BCUT2D eigenvalue weighted by Crippen LogP contribution is -2.14. The second-order valence-corrected chi connectivity index (χ2v) is 8.81. The highest BCUT2D eigenvalue weighted by Gasteiger charge is 2.19. The van der Waals surface area contributed by atoms with Crippen LogP contribution >= 0.6 is 11.3 Å². The van der Waals surface area contributed by atoms with Gasteiger partial charge in [0.05, 0.1) is 17.7 Å². The van der Waals surface area contributed by atoms with E-state index in [2.05, 4.69) is 20.1 Å². The number of amides is 1. The Morgan fingerprint density at radius 2 is 1.93 bits per heavy atom. The highest BCUT2D eigenvalue weighted by molar-refractivity contribution is 7.92. The number of nitrogens with zero attached hydrogens (tertiary/aromatic N) is 3. The zero-order valence-corrected chi connectivity index (χ0v) is 17.6. The van der Waals surface area contributed by atoms with Crippen LogP contribution in [-0.4, -0.2) is 36.0 Å². The summed E-state index contributed by atoms with van der Waals surface area (Å²) in [6.07, 6.45) is 0. The maximum atomic E-state index is 12.7. The molecule has 0 unspecified atom stereocenters. The summed E-state index contributed by atoms with van der Waals surface area (Å²) in [4.78, 5) is 15.9. The predicted molar refractivity (Wildman–Crippen MR) is 114 cm³/mol. The number of anilines is 2. The average molecular weight is 444 g/mol. The first-order valence-electron chi connectivity index (χ1n) is 8.75. The van der Waals surface area contributed by atoms with Gasteiger partial charge in [-0.2, -0.15) is 4.98 Å². The molecule has 4 aromatic rings. The quantitative estimate of drug-likeness (QED) is 0.473. The Morgan fingerprint density at radius 3 is 2.63 bits per heavy atom. The van der Waals surface area contributed by atoms with E-state index in [1.807, 2.05) is 29.6 Å². The molecule has 0 radical (unpaired) electrons. The summed E-state index contributed by atoms with van der Waals surface area (Å²) in [6, 6.07) is 13.3. The molecule has 2 aromatic carbocycles. The SMILES string of the molecule is COc1cccc(-c2csc3nc(NS(=O)(=O)c4ccc(NC(C)=O)cc4)nn23)c1. The average Bonchev–Trinajstić information content (AvgIpc) is 3.27. The minimum absolute atomic E-state index is 0.0303. The Bertz CT molecular complexity index is 1330. The Balaban J connectivity index is 1.61. The van der Waals surface area contributed by atoms with Crippen LogP contribution in [0.4, 0.5) is 11.6 Å². The molecule has 0 aliphatic carbocycles. The third-order valence-corrected chi connectivity index (χ3v) is 6.32. The van der Waals surface area contributed by atoms with Crippen LogP contribution in [0.25, 0.3) is 16.2 Å². The largest absolute Gasteiger partial charge is 0.497 e. The van der Waals surface area contributed by atoms with Crippen molar-refractivity contribution in [3.8, 4) is 17.0 Å². The molecular formula is C19H17N5O4S2. The van der Waals surface area contributed by atoms with E-state index in [1.54, 1.807) is 11.6 Å². The van der Waals surface area contributed by atoms with Gasteiger partial charge >= 0.3 is 0 Å². The first kappa shape index (κ1) is 19.9. The van der Waals surface area contributed by atoms with Crippen molar-refractivity contribution in [2.45, 2.75) is 11.8 Å². The number of ether oxygens (including phenoxy) is 1. The second kappa shape index (κ2) is 7.76. The fraction of sp³-hybridized carbons (Fsp3) is 0.105. The molecule has 2 heterocycles. The highest BCUT2D eigenvalue weighted by Crippen LogP contribution is 2.28. The van der Waals surface area contributed by atoms with E-state index in [9.17, 15) is 13.2 Å². The molecule has 2 aromatic heterocycles. The third-order valence-electron chi connectivity index (χ3n) is 4.16. The van der Waals surface area contributed by atoms with Crippen molar-refractivity contribution in [3.63, 3.8) is 0 Å².